The van der Waals surface area contributed by atoms with Crippen LogP contribution in [0.5, 0.6) is 5.75 Å². The zero-order valence-corrected chi connectivity index (χ0v) is 11.7. The molecule has 1 aliphatic rings. The van der Waals surface area contributed by atoms with Gasteiger partial charge in [0.05, 0.1) is 5.56 Å². The topological polar surface area (TPSA) is 40.5 Å². The van der Waals surface area contributed by atoms with Crippen LogP contribution in [0.3, 0.4) is 0 Å². The van der Waals surface area contributed by atoms with Crippen LogP contribution in [0.25, 0.3) is 0 Å². The second kappa shape index (κ2) is 4.87. The average molecular weight is 294 g/mol. The van der Waals surface area contributed by atoms with E-state index in [1.54, 1.807) is 22.3 Å². The van der Waals surface area contributed by atoms with Crippen molar-refractivity contribution in [2.24, 2.45) is 0 Å². The van der Waals surface area contributed by atoms with Crippen molar-refractivity contribution in [2.45, 2.75) is 13.0 Å². The summed E-state index contributed by atoms with van der Waals surface area (Å²) in [6.07, 6.45) is 0.875. The predicted octanol–water partition coefficient (Wildman–Crippen LogP) is 3.31. The molecule has 1 aromatic heterocycles. The van der Waals surface area contributed by atoms with Gasteiger partial charge in [0.2, 0.25) is 0 Å². The van der Waals surface area contributed by atoms with Gasteiger partial charge < -0.3 is 10.0 Å². The second-order valence-corrected chi connectivity index (χ2v) is 5.94. The van der Waals surface area contributed by atoms with Gasteiger partial charge in [-0.25, -0.2) is 0 Å². The summed E-state index contributed by atoms with van der Waals surface area (Å²) in [6.45, 7) is 1.28. The van der Waals surface area contributed by atoms with Crippen LogP contribution >= 0.6 is 22.9 Å². The molecule has 0 atom stereocenters. The van der Waals surface area contributed by atoms with Gasteiger partial charge in [0.1, 0.15) is 5.75 Å². The first-order chi connectivity index (χ1) is 9.15. The highest BCUT2D eigenvalue weighted by molar-refractivity contribution is 7.10. The van der Waals surface area contributed by atoms with Crippen molar-refractivity contribution in [1.82, 2.24) is 4.90 Å². The van der Waals surface area contributed by atoms with Crippen molar-refractivity contribution < 1.29 is 9.90 Å². The maximum absolute atomic E-state index is 12.4. The van der Waals surface area contributed by atoms with E-state index in [2.05, 4.69) is 11.4 Å². The van der Waals surface area contributed by atoms with Gasteiger partial charge >= 0.3 is 0 Å². The van der Waals surface area contributed by atoms with Crippen LogP contribution in [0, 0.1) is 0 Å². The average Bonchev–Trinajstić information content (AvgIpc) is 2.88. The summed E-state index contributed by atoms with van der Waals surface area (Å²) in [6, 6.07) is 6.59. The maximum Gasteiger partial charge on any atom is 0.257 e. The third kappa shape index (κ3) is 2.33. The number of aromatic hydroxyl groups is 1. The van der Waals surface area contributed by atoms with E-state index in [1.807, 2.05) is 0 Å². The summed E-state index contributed by atoms with van der Waals surface area (Å²) >= 11 is 7.62. The molecule has 2 aromatic rings. The quantitative estimate of drug-likeness (QED) is 0.876. The Balaban J connectivity index is 1.87. The van der Waals surface area contributed by atoms with Gasteiger partial charge in [0.15, 0.2) is 0 Å². The van der Waals surface area contributed by atoms with Gasteiger partial charge in [-0.1, -0.05) is 11.6 Å². The first kappa shape index (κ1) is 12.5. The molecule has 1 N–H and O–H groups in total. The molecule has 0 spiro atoms. The minimum absolute atomic E-state index is 0.0227. The molecule has 0 saturated carbocycles. The summed E-state index contributed by atoms with van der Waals surface area (Å²) in [5, 5.41) is 12.3. The fraction of sp³-hybridized carbons (Fsp3) is 0.214. The van der Waals surface area contributed by atoms with E-state index in [1.165, 1.54) is 22.6 Å². The van der Waals surface area contributed by atoms with Gasteiger partial charge in [0, 0.05) is 23.0 Å². The molecule has 0 bridgehead atoms. The normalized spacial score (nSPS) is 14.3. The van der Waals surface area contributed by atoms with E-state index in [0.717, 1.165) is 6.42 Å². The summed E-state index contributed by atoms with van der Waals surface area (Å²) in [7, 11) is 0. The molecule has 3 nitrogen and oxygen atoms in total. The molecular formula is C14H12ClNO2S. The molecule has 0 fully saturated rings. The molecule has 5 heteroatoms. The standard InChI is InChI=1S/C14H12ClNO2S/c15-10-1-2-12(17)11(7-10)14(18)16-5-3-13-9(8-16)4-6-19-13/h1-2,4,6-7,17H,3,5,8H2. The lowest BCUT2D eigenvalue weighted by molar-refractivity contribution is 0.0733. The van der Waals surface area contributed by atoms with Crippen molar-refractivity contribution in [3.63, 3.8) is 0 Å². The van der Waals surface area contributed by atoms with Gasteiger partial charge in [-0.05, 0) is 41.6 Å². The van der Waals surface area contributed by atoms with E-state index in [9.17, 15) is 9.90 Å². The zero-order valence-electron chi connectivity index (χ0n) is 10.1. The second-order valence-electron chi connectivity index (χ2n) is 4.51. The highest BCUT2D eigenvalue weighted by Gasteiger charge is 2.24. The number of hydrogen-bond acceptors (Lipinski definition) is 3. The van der Waals surface area contributed by atoms with E-state index >= 15 is 0 Å². The Labute approximate surface area is 120 Å². The number of benzene rings is 1. The number of rotatable bonds is 1. The first-order valence-corrected chi connectivity index (χ1v) is 7.24. The number of halogens is 1. The van der Waals surface area contributed by atoms with Gasteiger partial charge in [0.25, 0.3) is 5.91 Å². The van der Waals surface area contributed by atoms with E-state index < -0.39 is 0 Å². The Morgan fingerprint density at radius 2 is 2.21 bits per heavy atom. The summed E-state index contributed by atoms with van der Waals surface area (Å²) in [5.41, 5.74) is 1.47. The highest BCUT2D eigenvalue weighted by Crippen LogP contribution is 2.28. The minimum Gasteiger partial charge on any atom is -0.507 e. The third-order valence-corrected chi connectivity index (χ3v) is 4.54. The zero-order chi connectivity index (χ0) is 13.4. The number of carbonyl (C=O) groups is 1. The number of carbonyl (C=O) groups excluding carboxylic acids is 1. The molecule has 2 heterocycles. The third-order valence-electron chi connectivity index (χ3n) is 3.28. The van der Waals surface area contributed by atoms with Crippen LogP contribution in [-0.4, -0.2) is 22.5 Å². The molecule has 0 saturated heterocycles. The Bertz CT molecular complexity index is 638. The highest BCUT2D eigenvalue weighted by atomic mass is 35.5. The minimum atomic E-state index is -0.170. The van der Waals surface area contributed by atoms with Crippen LogP contribution < -0.4 is 0 Å². The van der Waals surface area contributed by atoms with E-state index in [4.69, 9.17) is 11.6 Å². The maximum atomic E-state index is 12.4. The Kier molecular flexibility index (Phi) is 3.21. The van der Waals surface area contributed by atoms with Crippen molar-refractivity contribution in [1.29, 1.82) is 0 Å². The molecule has 1 aliphatic heterocycles. The molecule has 98 valence electrons. The van der Waals surface area contributed by atoms with Gasteiger partial charge in [-0.2, -0.15) is 0 Å². The van der Waals surface area contributed by atoms with Crippen LogP contribution in [0.1, 0.15) is 20.8 Å². The molecular weight excluding hydrogens is 282 g/mol. The number of amides is 1. The van der Waals surface area contributed by atoms with Crippen LogP contribution in [0.2, 0.25) is 5.02 Å². The number of phenolic OH excluding ortho intramolecular Hbond substituents is 1. The van der Waals surface area contributed by atoms with E-state index in [-0.39, 0.29) is 17.2 Å². The Morgan fingerprint density at radius 3 is 3.05 bits per heavy atom. The molecule has 1 aromatic carbocycles. The molecule has 0 radical (unpaired) electrons. The predicted molar refractivity (Wildman–Crippen MR) is 75.9 cm³/mol. The number of fused-ring (bicyclic) bond motifs is 1. The smallest absolute Gasteiger partial charge is 0.257 e. The van der Waals surface area contributed by atoms with Crippen LogP contribution in [0.15, 0.2) is 29.6 Å². The number of hydrogen-bond donors (Lipinski definition) is 1. The Morgan fingerprint density at radius 1 is 1.37 bits per heavy atom. The first-order valence-electron chi connectivity index (χ1n) is 5.98. The molecule has 3 rings (SSSR count). The van der Waals surface area contributed by atoms with Crippen molar-refractivity contribution in [2.75, 3.05) is 6.54 Å². The number of nitrogens with zero attached hydrogens (tertiary/aromatic N) is 1. The van der Waals surface area contributed by atoms with Crippen molar-refractivity contribution in [3.05, 3.63) is 50.7 Å². The Hall–Kier alpha value is -1.52. The fourth-order valence-corrected chi connectivity index (χ4v) is 3.33. The van der Waals surface area contributed by atoms with Crippen molar-refractivity contribution >= 4 is 28.8 Å². The fourth-order valence-electron chi connectivity index (χ4n) is 2.27. The number of phenols is 1. The lowest BCUT2D eigenvalue weighted by Crippen LogP contribution is -2.35. The molecule has 0 aliphatic carbocycles. The lowest BCUT2D eigenvalue weighted by Gasteiger charge is -2.27. The number of thiophene rings is 1. The summed E-state index contributed by atoms with van der Waals surface area (Å²) < 4.78 is 0. The largest absolute Gasteiger partial charge is 0.507 e. The van der Waals surface area contributed by atoms with Gasteiger partial charge in [-0.3, -0.25) is 4.79 Å². The monoisotopic (exact) mass is 293 g/mol. The summed E-state index contributed by atoms with van der Waals surface area (Å²) in [4.78, 5) is 15.5. The summed E-state index contributed by atoms with van der Waals surface area (Å²) in [5.74, 6) is -0.192. The molecule has 0 unspecified atom stereocenters. The van der Waals surface area contributed by atoms with Crippen LogP contribution in [-0.2, 0) is 13.0 Å². The molecule has 19 heavy (non-hydrogen) atoms. The van der Waals surface area contributed by atoms with Gasteiger partial charge in [-0.15, -0.1) is 11.3 Å². The van der Waals surface area contributed by atoms with Crippen molar-refractivity contribution in [3.8, 4) is 5.75 Å². The van der Waals surface area contributed by atoms with E-state index in [0.29, 0.717) is 18.1 Å². The molecule has 1 amide bonds. The lowest BCUT2D eigenvalue weighted by atomic mass is 10.1. The SMILES string of the molecule is O=C(c1cc(Cl)ccc1O)N1CCc2sccc2C1. The van der Waals surface area contributed by atoms with Crippen LogP contribution in [0.4, 0.5) is 0 Å².